The van der Waals surface area contributed by atoms with Gasteiger partial charge < -0.3 is 10.6 Å². The van der Waals surface area contributed by atoms with E-state index in [0.717, 1.165) is 6.07 Å². The highest BCUT2D eigenvalue weighted by atomic mass is 19.2. The zero-order valence-electron chi connectivity index (χ0n) is 8.97. The molecule has 86 valence electrons. The number of fused-ring (bicyclic) bond motifs is 1. The highest BCUT2D eigenvalue weighted by Crippen LogP contribution is 2.32. The van der Waals surface area contributed by atoms with Gasteiger partial charge in [-0.2, -0.15) is 0 Å². The smallest absolute Gasteiger partial charge is 0.247 e. The molecule has 0 radical (unpaired) electrons. The lowest BCUT2D eigenvalue weighted by Crippen LogP contribution is -2.42. The van der Waals surface area contributed by atoms with Gasteiger partial charge >= 0.3 is 0 Å². The Hall–Kier alpha value is -1.65. The van der Waals surface area contributed by atoms with Crippen LogP contribution in [-0.2, 0) is 4.79 Å². The van der Waals surface area contributed by atoms with Crippen LogP contribution in [0.1, 0.15) is 13.8 Å². The number of rotatable bonds is 1. The number of hydrogen-bond acceptors (Lipinski definition) is 2. The van der Waals surface area contributed by atoms with Gasteiger partial charge in [-0.05, 0) is 18.1 Å². The van der Waals surface area contributed by atoms with Crippen LogP contribution in [0.15, 0.2) is 12.1 Å². The van der Waals surface area contributed by atoms with E-state index in [2.05, 4.69) is 10.6 Å². The first-order valence-electron chi connectivity index (χ1n) is 5.06. The van der Waals surface area contributed by atoms with Gasteiger partial charge in [-0.15, -0.1) is 0 Å². The van der Waals surface area contributed by atoms with Gasteiger partial charge in [0.15, 0.2) is 11.6 Å². The summed E-state index contributed by atoms with van der Waals surface area (Å²) in [6.45, 7) is 3.67. The molecule has 1 amide bonds. The molecule has 5 heteroatoms. The summed E-state index contributed by atoms with van der Waals surface area (Å²) in [5.41, 5.74) is 0.305. The van der Waals surface area contributed by atoms with Crippen molar-refractivity contribution in [1.82, 2.24) is 0 Å². The lowest BCUT2D eigenvalue weighted by atomic mass is 10.0. The maximum Gasteiger partial charge on any atom is 0.247 e. The number of amides is 1. The maximum atomic E-state index is 13.5. The van der Waals surface area contributed by atoms with E-state index in [1.165, 1.54) is 6.07 Å². The van der Waals surface area contributed by atoms with Crippen LogP contribution in [0.5, 0.6) is 0 Å². The number of carbonyl (C=O) groups excluding carboxylic acids is 1. The second-order valence-electron chi connectivity index (χ2n) is 4.14. The minimum Gasteiger partial charge on any atom is -0.369 e. The first-order chi connectivity index (χ1) is 7.50. The molecule has 1 aliphatic rings. The molecule has 0 saturated carbocycles. The van der Waals surface area contributed by atoms with E-state index in [1.54, 1.807) is 0 Å². The van der Waals surface area contributed by atoms with Gasteiger partial charge in [-0.3, -0.25) is 4.79 Å². The van der Waals surface area contributed by atoms with Crippen molar-refractivity contribution < 1.29 is 13.6 Å². The Morgan fingerprint density at radius 3 is 2.62 bits per heavy atom. The topological polar surface area (TPSA) is 41.1 Å². The molecule has 0 bridgehead atoms. The molecule has 0 saturated heterocycles. The van der Waals surface area contributed by atoms with E-state index in [-0.39, 0.29) is 23.2 Å². The lowest BCUT2D eigenvalue weighted by molar-refractivity contribution is -0.117. The van der Waals surface area contributed by atoms with Gasteiger partial charge in [-0.1, -0.05) is 13.8 Å². The Balaban J connectivity index is 2.44. The predicted molar refractivity (Wildman–Crippen MR) is 57.2 cm³/mol. The standard InChI is InChI=1S/C11H12F2N2O/c1-5(2)9-11(16)14-7-4-3-6(12)8(13)10(7)15-9/h3-5,9,15H,1-2H3,(H,14,16). The second kappa shape index (κ2) is 3.73. The summed E-state index contributed by atoms with van der Waals surface area (Å²) in [7, 11) is 0. The number of carbonyl (C=O) groups is 1. The third kappa shape index (κ3) is 1.62. The summed E-state index contributed by atoms with van der Waals surface area (Å²) in [6, 6.07) is 1.80. The third-order valence-electron chi connectivity index (χ3n) is 2.60. The molecule has 1 aromatic carbocycles. The van der Waals surface area contributed by atoms with Gasteiger partial charge in [-0.25, -0.2) is 8.78 Å². The van der Waals surface area contributed by atoms with Crippen LogP contribution in [0.4, 0.5) is 20.2 Å². The van der Waals surface area contributed by atoms with E-state index in [1.807, 2.05) is 13.8 Å². The molecule has 1 aromatic rings. The Bertz CT molecular complexity index is 446. The fourth-order valence-corrected chi connectivity index (χ4v) is 1.70. The number of halogens is 2. The van der Waals surface area contributed by atoms with E-state index >= 15 is 0 Å². The SMILES string of the molecule is CC(C)C1Nc2c(ccc(F)c2F)NC1=O. The molecular formula is C11H12F2N2O. The molecule has 0 fully saturated rings. The van der Waals surface area contributed by atoms with Gasteiger partial charge in [0.1, 0.15) is 6.04 Å². The van der Waals surface area contributed by atoms with Crippen molar-refractivity contribution in [1.29, 1.82) is 0 Å². The Morgan fingerprint density at radius 1 is 1.31 bits per heavy atom. The van der Waals surface area contributed by atoms with Crippen molar-refractivity contribution in [2.45, 2.75) is 19.9 Å². The molecule has 2 N–H and O–H groups in total. The third-order valence-corrected chi connectivity index (χ3v) is 2.60. The fraction of sp³-hybridized carbons (Fsp3) is 0.364. The molecule has 0 spiro atoms. The lowest BCUT2D eigenvalue weighted by Gasteiger charge is -2.29. The summed E-state index contributed by atoms with van der Waals surface area (Å²) in [6.07, 6.45) is 0. The zero-order chi connectivity index (χ0) is 11.9. The molecule has 1 aliphatic heterocycles. The molecule has 3 nitrogen and oxygen atoms in total. The fourth-order valence-electron chi connectivity index (χ4n) is 1.70. The van der Waals surface area contributed by atoms with Crippen LogP contribution < -0.4 is 10.6 Å². The van der Waals surface area contributed by atoms with Crippen molar-refractivity contribution in [2.24, 2.45) is 5.92 Å². The van der Waals surface area contributed by atoms with E-state index in [4.69, 9.17) is 0 Å². The molecule has 0 aliphatic carbocycles. The van der Waals surface area contributed by atoms with Gasteiger partial charge in [0, 0.05) is 0 Å². The average Bonchev–Trinajstić information content (AvgIpc) is 2.23. The van der Waals surface area contributed by atoms with Gasteiger partial charge in [0.25, 0.3) is 0 Å². The van der Waals surface area contributed by atoms with Crippen LogP contribution in [-0.4, -0.2) is 11.9 Å². The second-order valence-corrected chi connectivity index (χ2v) is 4.14. The van der Waals surface area contributed by atoms with Crippen molar-refractivity contribution >= 4 is 17.3 Å². The minimum absolute atomic E-state index is 0.00387. The van der Waals surface area contributed by atoms with Gasteiger partial charge in [0.05, 0.1) is 11.4 Å². The van der Waals surface area contributed by atoms with E-state index in [0.29, 0.717) is 0 Å². The Morgan fingerprint density at radius 2 is 2.00 bits per heavy atom. The molecule has 0 aromatic heterocycles. The number of benzene rings is 1. The molecule has 2 rings (SSSR count). The van der Waals surface area contributed by atoms with Crippen molar-refractivity contribution in [2.75, 3.05) is 10.6 Å². The first-order valence-corrected chi connectivity index (χ1v) is 5.06. The molecule has 1 atom stereocenters. The maximum absolute atomic E-state index is 13.5. The minimum atomic E-state index is -0.955. The molecular weight excluding hydrogens is 214 g/mol. The summed E-state index contributed by atoms with van der Waals surface area (Å²) in [5, 5.41) is 5.28. The predicted octanol–water partition coefficient (Wildman–Crippen LogP) is 2.35. The largest absolute Gasteiger partial charge is 0.369 e. The Labute approximate surface area is 91.8 Å². The van der Waals surface area contributed by atoms with Gasteiger partial charge in [0.2, 0.25) is 5.91 Å². The summed E-state index contributed by atoms with van der Waals surface area (Å²) in [5.74, 6) is -2.11. The van der Waals surface area contributed by atoms with Crippen LogP contribution in [0, 0.1) is 17.6 Å². The summed E-state index contributed by atoms with van der Waals surface area (Å²) >= 11 is 0. The van der Waals surface area contributed by atoms with Crippen LogP contribution in [0.25, 0.3) is 0 Å². The zero-order valence-corrected chi connectivity index (χ0v) is 8.97. The van der Waals surface area contributed by atoms with Crippen LogP contribution in [0.2, 0.25) is 0 Å². The highest BCUT2D eigenvalue weighted by Gasteiger charge is 2.30. The van der Waals surface area contributed by atoms with Crippen molar-refractivity contribution in [3.05, 3.63) is 23.8 Å². The number of hydrogen-bond donors (Lipinski definition) is 2. The Kier molecular flexibility index (Phi) is 2.53. The average molecular weight is 226 g/mol. The monoisotopic (exact) mass is 226 g/mol. The van der Waals surface area contributed by atoms with Crippen LogP contribution in [0.3, 0.4) is 0 Å². The quantitative estimate of drug-likeness (QED) is 0.771. The summed E-state index contributed by atoms with van der Waals surface area (Å²) < 4.78 is 26.5. The number of anilines is 2. The highest BCUT2D eigenvalue weighted by molar-refractivity contribution is 6.03. The summed E-state index contributed by atoms with van der Waals surface area (Å²) in [4.78, 5) is 11.6. The first kappa shape index (κ1) is 10.9. The van der Waals surface area contributed by atoms with Crippen molar-refractivity contribution in [3.63, 3.8) is 0 Å². The van der Waals surface area contributed by atoms with E-state index in [9.17, 15) is 13.6 Å². The molecule has 16 heavy (non-hydrogen) atoms. The molecule has 1 heterocycles. The molecule has 1 unspecified atom stereocenters. The normalized spacial score (nSPS) is 19.1. The van der Waals surface area contributed by atoms with Crippen molar-refractivity contribution in [3.8, 4) is 0 Å². The number of nitrogens with one attached hydrogen (secondary N) is 2. The van der Waals surface area contributed by atoms with E-state index < -0.39 is 17.7 Å². The van der Waals surface area contributed by atoms with Crippen LogP contribution >= 0.6 is 0 Å².